The number of hydrogen-bond donors (Lipinski definition) is 0. The summed E-state index contributed by atoms with van der Waals surface area (Å²) < 4.78 is 19.4. The summed E-state index contributed by atoms with van der Waals surface area (Å²) in [5.74, 6) is -0.0741. The molecule has 1 aliphatic heterocycles. The Hall–Kier alpha value is -1.44. The van der Waals surface area contributed by atoms with Gasteiger partial charge in [0.05, 0.1) is 5.82 Å². The van der Waals surface area contributed by atoms with Gasteiger partial charge >= 0.3 is 0 Å². The molecule has 3 nitrogen and oxygen atoms in total. The van der Waals surface area contributed by atoms with E-state index in [0.717, 1.165) is 11.3 Å². The third kappa shape index (κ3) is 3.85. The average Bonchev–Trinajstić information content (AvgIpc) is 2.48. The Kier molecular flexibility index (Phi) is 6.99. The van der Waals surface area contributed by atoms with Crippen molar-refractivity contribution in [2.75, 3.05) is 13.2 Å². The summed E-state index contributed by atoms with van der Waals surface area (Å²) in [6.45, 7) is 8.53. The van der Waals surface area contributed by atoms with E-state index in [2.05, 4.69) is 12.7 Å². The maximum absolute atomic E-state index is 14.3. The predicted octanol–water partition coefficient (Wildman–Crippen LogP) is 3.67. The summed E-state index contributed by atoms with van der Waals surface area (Å²) in [5, 5.41) is 8.47. The Morgan fingerprint density at radius 2 is 2.18 bits per heavy atom. The molecule has 0 fully saturated rings. The molecule has 0 saturated carbocycles. The van der Waals surface area contributed by atoms with E-state index in [9.17, 15) is 4.39 Å². The summed E-state index contributed by atoms with van der Waals surface area (Å²) in [6.07, 6.45) is 4.92. The summed E-state index contributed by atoms with van der Waals surface area (Å²) in [4.78, 5) is 1.92. The molecule has 1 aliphatic rings. The van der Waals surface area contributed by atoms with Gasteiger partial charge in [-0.15, -0.1) is 11.6 Å². The van der Waals surface area contributed by atoms with Crippen LogP contribution < -0.4 is 4.74 Å². The Morgan fingerprint density at radius 3 is 2.77 bits per heavy atom. The zero-order chi connectivity index (χ0) is 15.4. The van der Waals surface area contributed by atoms with Gasteiger partial charge in [0.1, 0.15) is 11.8 Å². The minimum absolute atomic E-state index is 0. The first kappa shape index (κ1) is 18.6. The Bertz CT molecular complexity index is 674. The first-order chi connectivity index (χ1) is 10.1. The standard InChI is InChI=1S/C17H16FN2O.Y/c1-4-20-13(3)12(2)5-8-17(20)15-7-6-14(11-16(15)18)21-10-9-19;/h5-7,11H,3-4,10H2,1-2H3;/q-1;. The minimum Gasteiger partial charge on any atom is -0.479 e. The third-order valence-corrected chi connectivity index (χ3v) is 3.29. The monoisotopic (exact) mass is 372 g/mol. The van der Waals surface area contributed by atoms with E-state index in [1.807, 2.05) is 30.9 Å². The summed E-state index contributed by atoms with van der Waals surface area (Å²) in [5.41, 5.74) is 2.94. The summed E-state index contributed by atoms with van der Waals surface area (Å²) in [7, 11) is 0. The van der Waals surface area contributed by atoms with Crippen LogP contribution in [0.25, 0.3) is 5.70 Å². The maximum Gasteiger partial charge on any atom is 0.174 e. The van der Waals surface area contributed by atoms with E-state index in [4.69, 9.17) is 10.00 Å². The number of nitrogens with zero attached hydrogens (tertiary/aromatic N) is 2. The molecule has 1 aromatic carbocycles. The second kappa shape index (κ2) is 8.26. The van der Waals surface area contributed by atoms with E-state index in [1.165, 1.54) is 6.07 Å². The Morgan fingerprint density at radius 1 is 1.45 bits per heavy atom. The van der Waals surface area contributed by atoms with Crippen LogP contribution >= 0.6 is 0 Å². The van der Waals surface area contributed by atoms with Crippen molar-refractivity contribution in [3.8, 4) is 11.8 Å². The molecular formula is C17H16FN2OY-. The van der Waals surface area contributed by atoms with Gasteiger partial charge in [0.25, 0.3) is 0 Å². The molecule has 1 heterocycles. The van der Waals surface area contributed by atoms with Crippen LogP contribution in [-0.4, -0.2) is 18.1 Å². The maximum atomic E-state index is 14.3. The summed E-state index contributed by atoms with van der Waals surface area (Å²) in [6, 6.07) is 6.41. The van der Waals surface area contributed by atoms with Crippen molar-refractivity contribution in [2.45, 2.75) is 13.8 Å². The van der Waals surface area contributed by atoms with Gasteiger partial charge in [0.2, 0.25) is 0 Å². The first-order valence-electron chi connectivity index (χ1n) is 6.65. The van der Waals surface area contributed by atoms with Crippen LogP contribution in [0.2, 0.25) is 0 Å². The molecule has 2 rings (SSSR count). The van der Waals surface area contributed by atoms with Crippen molar-refractivity contribution >= 4 is 5.70 Å². The fraction of sp³-hybridized carbons (Fsp3) is 0.235. The van der Waals surface area contributed by atoms with Crippen LogP contribution in [0.4, 0.5) is 4.39 Å². The molecule has 0 aromatic heterocycles. The van der Waals surface area contributed by atoms with E-state index in [1.54, 1.807) is 12.1 Å². The zero-order valence-electron chi connectivity index (χ0n) is 12.7. The predicted molar refractivity (Wildman–Crippen MR) is 79.4 cm³/mol. The van der Waals surface area contributed by atoms with Crippen molar-refractivity contribution in [1.82, 2.24) is 4.90 Å². The second-order valence-electron chi connectivity index (χ2n) is 4.60. The molecule has 0 unspecified atom stereocenters. The summed E-state index contributed by atoms with van der Waals surface area (Å²) >= 11 is 0. The van der Waals surface area contributed by atoms with E-state index in [-0.39, 0.29) is 39.3 Å². The number of ether oxygens (including phenoxy) is 1. The van der Waals surface area contributed by atoms with Crippen molar-refractivity contribution in [3.63, 3.8) is 0 Å². The van der Waals surface area contributed by atoms with Crippen LogP contribution in [0.3, 0.4) is 0 Å². The van der Waals surface area contributed by atoms with Crippen LogP contribution in [0.1, 0.15) is 19.4 Å². The van der Waals surface area contributed by atoms with Gasteiger partial charge in [-0.1, -0.05) is 24.8 Å². The largest absolute Gasteiger partial charge is 0.479 e. The van der Waals surface area contributed by atoms with Crippen LogP contribution in [0.5, 0.6) is 5.75 Å². The molecular weight excluding hydrogens is 356 g/mol. The van der Waals surface area contributed by atoms with Crippen LogP contribution in [-0.2, 0) is 32.7 Å². The Balaban J connectivity index is 0.00000242. The molecule has 0 bridgehead atoms. The van der Waals surface area contributed by atoms with E-state index in [0.29, 0.717) is 23.6 Å². The van der Waals surface area contributed by atoms with Crippen molar-refractivity contribution in [2.24, 2.45) is 0 Å². The number of benzene rings is 1. The number of hydrogen-bond acceptors (Lipinski definition) is 3. The quantitative estimate of drug-likeness (QED) is 0.757. The van der Waals surface area contributed by atoms with Gasteiger partial charge < -0.3 is 9.64 Å². The van der Waals surface area contributed by atoms with E-state index < -0.39 is 5.82 Å². The SMILES string of the molecule is C=C1C(C)=C[C-]=C(c2ccc(OCC#N)cc2F)N1CC.[Y]. The van der Waals surface area contributed by atoms with E-state index >= 15 is 0 Å². The average molecular weight is 372 g/mol. The zero-order valence-corrected chi connectivity index (χ0v) is 15.5. The third-order valence-electron chi connectivity index (χ3n) is 3.29. The fourth-order valence-electron chi connectivity index (χ4n) is 2.15. The fourth-order valence-corrected chi connectivity index (χ4v) is 2.15. The van der Waals surface area contributed by atoms with Crippen molar-refractivity contribution in [1.29, 1.82) is 5.26 Å². The van der Waals surface area contributed by atoms with Crippen LogP contribution in [0.15, 0.2) is 42.1 Å². The molecule has 0 spiro atoms. The molecule has 0 amide bonds. The molecule has 22 heavy (non-hydrogen) atoms. The van der Waals surface area contributed by atoms with Gasteiger partial charge in [-0.05, 0) is 18.7 Å². The normalized spacial score (nSPS) is 13.7. The van der Waals surface area contributed by atoms with Crippen molar-refractivity contribution in [3.05, 3.63) is 59.6 Å². The molecule has 0 N–H and O–H groups in total. The molecule has 5 heteroatoms. The smallest absolute Gasteiger partial charge is 0.174 e. The Labute approximate surface area is 155 Å². The molecule has 0 atom stereocenters. The van der Waals surface area contributed by atoms with Gasteiger partial charge in [0.15, 0.2) is 6.61 Å². The van der Waals surface area contributed by atoms with Gasteiger partial charge in [-0.25, -0.2) is 4.39 Å². The first-order valence-corrected chi connectivity index (χ1v) is 6.65. The molecule has 1 radical (unpaired) electrons. The molecule has 111 valence electrons. The van der Waals surface area contributed by atoms with Gasteiger partial charge in [-0.3, -0.25) is 0 Å². The molecule has 0 saturated heterocycles. The molecule has 0 aliphatic carbocycles. The number of allylic oxidation sites excluding steroid dienone is 3. The molecule has 1 aromatic rings. The van der Waals surface area contributed by atoms with Gasteiger partial charge in [-0.2, -0.15) is 17.4 Å². The second-order valence-corrected chi connectivity index (χ2v) is 4.60. The van der Waals surface area contributed by atoms with Crippen molar-refractivity contribution < 1.29 is 41.8 Å². The number of rotatable bonds is 4. The number of halogens is 1. The topological polar surface area (TPSA) is 36.3 Å². The van der Waals surface area contributed by atoms with Crippen LogP contribution in [0, 0.1) is 23.2 Å². The number of nitriles is 1. The minimum atomic E-state index is -0.410. The van der Waals surface area contributed by atoms with Gasteiger partial charge in [0, 0.05) is 45.3 Å². The number of likely N-dealkylation sites (N-methyl/N-ethyl adjacent to an activating group) is 1.